The highest BCUT2D eigenvalue weighted by atomic mass is 16.5. The number of hydrogen-bond acceptors (Lipinski definition) is 7. The predicted molar refractivity (Wildman–Crippen MR) is 119 cm³/mol. The number of pyridine rings is 2. The number of aromatic nitrogens is 5. The van der Waals surface area contributed by atoms with E-state index in [1.54, 1.807) is 30.1 Å². The minimum atomic E-state index is -0.698. The van der Waals surface area contributed by atoms with E-state index in [4.69, 9.17) is 4.74 Å². The lowest BCUT2D eigenvalue weighted by molar-refractivity contribution is 0.0516. The molecule has 0 spiro atoms. The van der Waals surface area contributed by atoms with Crippen LogP contribution in [0, 0.1) is 0 Å². The van der Waals surface area contributed by atoms with Crippen LogP contribution in [-0.4, -0.2) is 55.1 Å². The highest BCUT2D eigenvalue weighted by Gasteiger charge is 2.27. The SMILES string of the molecule is CCOC(=O)c1nc2cnc3[nH]ccc3c2n(C2CCN(Cc3cccnc3)CC2)c1=O. The lowest BCUT2D eigenvalue weighted by Crippen LogP contribution is -2.39. The van der Waals surface area contributed by atoms with Gasteiger partial charge in [-0.2, -0.15) is 0 Å². The number of hydrogen-bond donors (Lipinski definition) is 1. The zero-order valence-electron chi connectivity index (χ0n) is 17.8. The van der Waals surface area contributed by atoms with Crippen LogP contribution in [0.5, 0.6) is 0 Å². The number of piperidine rings is 1. The molecule has 0 aliphatic carbocycles. The Hall–Kier alpha value is -3.59. The quantitative estimate of drug-likeness (QED) is 0.483. The molecule has 5 heterocycles. The Balaban J connectivity index is 1.53. The minimum Gasteiger partial charge on any atom is -0.461 e. The van der Waals surface area contributed by atoms with Crippen molar-refractivity contribution in [2.24, 2.45) is 0 Å². The first-order valence-electron chi connectivity index (χ1n) is 10.8. The first kappa shape index (κ1) is 20.3. The molecular formula is C23H24N6O3. The van der Waals surface area contributed by atoms with Crippen molar-refractivity contribution in [3.05, 3.63) is 64.6 Å². The lowest BCUT2D eigenvalue weighted by Gasteiger charge is -2.33. The zero-order valence-corrected chi connectivity index (χ0v) is 17.8. The van der Waals surface area contributed by atoms with Crippen LogP contribution in [0.2, 0.25) is 0 Å². The Labute approximate surface area is 184 Å². The molecule has 164 valence electrons. The minimum absolute atomic E-state index is 0.0492. The number of carbonyl (C=O) groups excluding carboxylic acids is 1. The van der Waals surface area contributed by atoms with E-state index >= 15 is 0 Å². The highest BCUT2D eigenvalue weighted by molar-refractivity contribution is 6.02. The van der Waals surface area contributed by atoms with Gasteiger partial charge in [-0.15, -0.1) is 0 Å². The molecule has 0 unspecified atom stereocenters. The number of nitrogens with zero attached hydrogens (tertiary/aromatic N) is 5. The fraction of sp³-hybridized carbons (Fsp3) is 0.348. The summed E-state index contributed by atoms with van der Waals surface area (Å²) in [6.45, 7) is 4.39. The van der Waals surface area contributed by atoms with Crippen molar-refractivity contribution in [1.29, 1.82) is 0 Å². The molecule has 0 saturated carbocycles. The van der Waals surface area contributed by atoms with Gasteiger partial charge in [0.15, 0.2) is 0 Å². The van der Waals surface area contributed by atoms with Crippen molar-refractivity contribution in [2.45, 2.75) is 32.4 Å². The van der Waals surface area contributed by atoms with Gasteiger partial charge in [-0.3, -0.25) is 14.7 Å². The molecule has 1 saturated heterocycles. The molecule has 5 rings (SSSR count). The van der Waals surface area contributed by atoms with Crippen LogP contribution in [0.25, 0.3) is 22.1 Å². The van der Waals surface area contributed by atoms with Gasteiger partial charge in [0, 0.05) is 49.7 Å². The van der Waals surface area contributed by atoms with Gasteiger partial charge in [0.1, 0.15) is 11.2 Å². The van der Waals surface area contributed by atoms with Crippen molar-refractivity contribution in [1.82, 2.24) is 29.4 Å². The Morgan fingerprint density at radius 2 is 2.09 bits per heavy atom. The Kier molecular flexibility index (Phi) is 5.40. The summed E-state index contributed by atoms with van der Waals surface area (Å²) < 4.78 is 6.84. The third kappa shape index (κ3) is 3.64. The monoisotopic (exact) mass is 432 g/mol. The highest BCUT2D eigenvalue weighted by Crippen LogP contribution is 2.29. The second-order valence-corrected chi connectivity index (χ2v) is 7.96. The third-order valence-corrected chi connectivity index (χ3v) is 5.95. The van der Waals surface area contributed by atoms with Gasteiger partial charge < -0.3 is 14.3 Å². The van der Waals surface area contributed by atoms with E-state index in [0.717, 1.165) is 37.9 Å². The van der Waals surface area contributed by atoms with Crippen LogP contribution in [0.4, 0.5) is 0 Å². The molecule has 0 amide bonds. The number of rotatable bonds is 5. The maximum atomic E-state index is 13.5. The molecule has 0 bridgehead atoms. The molecule has 9 nitrogen and oxygen atoms in total. The molecule has 32 heavy (non-hydrogen) atoms. The fourth-order valence-corrected chi connectivity index (χ4v) is 4.47. The third-order valence-electron chi connectivity index (χ3n) is 5.95. The molecular weight excluding hydrogens is 408 g/mol. The first-order chi connectivity index (χ1) is 15.7. The second-order valence-electron chi connectivity index (χ2n) is 7.96. The van der Waals surface area contributed by atoms with Crippen LogP contribution >= 0.6 is 0 Å². The number of esters is 1. The van der Waals surface area contributed by atoms with E-state index in [2.05, 4.69) is 30.9 Å². The van der Waals surface area contributed by atoms with Crippen molar-refractivity contribution >= 4 is 28.0 Å². The van der Waals surface area contributed by atoms with Crippen molar-refractivity contribution in [3.8, 4) is 0 Å². The zero-order chi connectivity index (χ0) is 22.1. The van der Waals surface area contributed by atoms with Gasteiger partial charge in [0.05, 0.1) is 18.3 Å². The first-order valence-corrected chi connectivity index (χ1v) is 10.8. The normalized spacial score (nSPS) is 15.4. The molecule has 0 radical (unpaired) electrons. The van der Waals surface area contributed by atoms with E-state index in [0.29, 0.717) is 16.7 Å². The number of H-pyrrole nitrogens is 1. The van der Waals surface area contributed by atoms with Crippen molar-refractivity contribution in [2.75, 3.05) is 19.7 Å². The number of nitrogens with one attached hydrogen (secondary N) is 1. The summed E-state index contributed by atoms with van der Waals surface area (Å²) in [6.07, 6.45) is 8.63. The van der Waals surface area contributed by atoms with Gasteiger partial charge in [-0.25, -0.2) is 14.8 Å². The number of fused-ring (bicyclic) bond motifs is 3. The van der Waals surface area contributed by atoms with E-state index in [-0.39, 0.29) is 18.3 Å². The largest absolute Gasteiger partial charge is 0.461 e. The summed E-state index contributed by atoms with van der Waals surface area (Å²) in [4.78, 5) is 44.3. The van der Waals surface area contributed by atoms with E-state index in [9.17, 15) is 9.59 Å². The maximum Gasteiger partial charge on any atom is 0.362 e. The number of likely N-dealkylation sites (tertiary alicyclic amines) is 1. The summed E-state index contributed by atoms with van der Waals surface area (Å²) in [5, 5.41) is 0.820. The van der Waals surface area contributed by atoms with Gasteiger partial charge in [-0.1, -0.05) is 6.07 Å². The van der Waals surface area contributed by atoms with Gasteiger partial charge in [0.25, 0.3) is 5.56 Å². The van der Waals surface area contributed by atoms with E-state index < -0.39 is 11.5 Å². The molecule has 1 aliphatic rings. The van der Waals surface area contributed by atoms with E-state index in [1.807, 2.05) is 18.3 Å². The molecule has 0 aromatic carbocycles. The molecule has 0 atom stereocenters. The average molecular weight is 432 g/mol. The number of aromatic amines is 1. The van der Waals surface area contributed by atoms with Crippen LogP contribution in [0.15, 0.2) is 47.8 Å². The maximum absolute atomic E-state index is 13.5. The molecule has 4 aromatic heterocycles. The second kappa shape index (κ2) is 8.51. The molecule has 9 heteroatoms. The van der Waals surface area contributed by atoms with Crippen LogP contribution in [-0.2, 0) is 11.3 Å². The Morgan fingerprint density at radius 3 is 2.84 bits per heavy atom. The topological polar surface area (TPSA) is 106 Å². The lowest BCUT2D eigenvalue weighted by atomic mass is 10.0. The summed E-state index contributed by atoms with van der Waals surface area (Å²) in [6, 6.07) is 5.86. The standard InChI is InChI=1S/C23H24N6O3/c1-2-32-23(31)19-22(30)29(20-17-5-9-25-21(17)26-13-18(20)27-19)16-6-10-28(11-7-16)14-15-4-3-8-24-12-15/h3-5,8-9,12-13,16H,2,6-7,10-11,14H2,1H3,(H,25,26). The molecule has 1 fully saturated rings. The summed E-state index contributed by atoms with van der Waals surface area (Å²) >= 11 is 0. The van der Waals surface area contributed by atoms with Gasteiger partial charge in [-0.05, 0) is 37.5 Å². The summed E-state index contributed by atoms with van der Waals surface area (Å²) in [7, 11) is 0. The summed E-state index contributed by atoms with van der Waals surface area (Å²) in [5.74, 6) is -0.698. The molecule has 4 aromatic rings. The molecule has 1 aliphatic heterocycles. The van der Waals surface area contributed by atoms with E-state index in [1.165, 1.54) is 5.56 Å². The van der Waals surface area contributed by atoms with Crippen molar-refractivity contribution in [3.63, 3.8) is 0 Å². The summed E-state index contributed by atoms with van der Waals surface area (Å²) in [5.41, 5.74) is 2.48. The van der Waals surface area contributed by atoms with Crippen LogP contribution < -0.4 is 5.56 Å². The van der Waals surface area contributed by atoms with Crippen LogP contribution in [0.3, 0.4) is 0 Å². The predicted octanol–water partition coefficient (Wildman–Crippen LogP) is 2.68. The van der Waals surface area contributed by atoms with Crippen LogP contribution in [0.1, 0.15) is 41.9 Å². The Bertz CT molecular complexity index is 1320. The van der Waals surface area contributed by atoms with Gasteiger partial charge in [0.2, 0.25) is 5.69 Å². The number of carbonyl (C=O) groups is 1. The molecule has 1 N–H and O–H groups in total. The Morgan fingerprint density at radius 1 is 1.25 bits per heavy atom. The fourth-order valence-electron chi connectivity index (χ4n) is 4.47. The van der Waals surface area contributed by atoms with Gasteiger partial charge >= 0.3 is 5.97 Å². The van der Waals surface area contributed by atoms with Crippen molar-refractivity contribution < 1.29 is 9.53 Å². The average Bonchev–Trinajstić information content (AvgIpc) is 3.29. The number of ether oxygens (including phenoxy) is 1. The smallest absolute Gasteiger partial charge is 0.362 e.